The molecule has 9 heteroatoms. The normalized spacial score (nSPS) is 19.0. The lowest BCUT2D eigenvalue weighted by Gasteiger charge is -2.24. The van der Waals surface area contributed by atoms with E-state index in [1.165, 1.54) is 6.42 Å². The molecule has 1 unspecified atom stereocenters. The van der Waals surface area contributed by atoms with Crippen molar-refractivity contribution in [1.29, 1.82) is 0 Å². The van der Waals surface area contributed by atoms with E-state index in [2.05, 4.69) is 20.1 Å². The highest BCUT2D eigenvalue weighted by Gasteiger charge is 2.35. The number of fused-ring (bicyclic) bond motifs is 1. The highest BCUT2D eigenvalue weighted by Crippen LogP contribution is 2.26. The lowest BCUT2D eigenvalue weighted by molar-refractivity contribution is -0.125. The third-order valence-corrected chi connectivity index (χ3v) is 6.15. The van der Waals surface area contributed by atoms with Crippen LogP contribution in [-0.4, -0.2) is 44.1 Å². The van der Waals surface area contributed by atoms with Gasteiger partial charge in [0, 0.05) is 24.5 Å². The van der Waals surface area contributed by atoms with Crippen LogP contribution in [0.25, 0.3) is 0 Å². The molecular formula is C20H23Cl2N5O2. The van der Waals surface area contributed by atoms with E-state index in [-0.39, 0.29) is 11.8 Å². The largest absolute Gasteiger partial charge is 0.347 e. The average molecular weight is 436 g/mol. The number of carbonyl (C=O) groups is 2. The number of nitrogens with one attached hydrogen (secondary N) is 1. The Morgan fingerprint density at radius 2 is 1.97 bits per heavy atom. The van der Waals surface area contributed by atoms with Crippen LogP contribution in [0, 0.1) is 0 Å². The summed E-state index contributed by atoms with van der Waals surface area (Å²) in [4.78, 5) is 27.4. The molecule has 2 amide bonds. The van der Waals surface area contributed by atoms with Crippen LogP contribution in [-0.2, 0) is 24.3 Å². The number of carbonyl (C=O) groups excluding carboxylic acids is 2. The van der Waals surface area contributed by atoms with E-state index >= 15 is 0 Å². The van der Waals surface area contributed by atoms with Gasteiger partial charge >= 0.3 is 0 Å². The van der Waals surface area contributed by atoms with Gasteiger partial charge in [-0.1, -0.05) is 29.6 Å². The van der Waals surface area contributed by atoms with Crippen LogP contribution in [0.3, 0.4) is 0 Å². The van der Waals surface area contributed by atoms with E-state index in [0.29, 0.717) is 35.1 Å². The topological polar surface area (TPSA) is 80.1 Å². The number of halogens is 2. The average Bonchev–Trinajstić information content (AvgIpc) is 3.29. The van der Waals surface area contributed by atoms with Gasteiger partial charge in [-0.3, -0.25) is 9.59 Å². The summed E-state index contributed by atoms with van der Waals surface area (Å²) in [7, 11) is 0. The Bertz CT molecular complexity index is 930. The Labute approximate surface area is 179 Å². The van der Waals surface area contributed by atoms with E-state index in [0.717, 1.165) is 43.9 Å². The van der Waals surface area contributed by atoms with E-state index in [1.807, 2.05) is 0 Å². The first kappa shape index (κ1) is 20.2. The Hall–Kier alpha value is -2.12. The molecule has 2 aliphatic heterocycles. The second kappa shape index (κ2) is 8.71. The standard InChI is InChI=1S/C20H23Cl2N5O2/c21-13-7-8-15(22)14(11-13)20(29)26-10-4-5-16(26)19(28)23-12-18-25-24-17-6-2-1-3-9-27(17)18/h7-8,11,16H,1-6,9-10,12H2,(H,23,28). The fourth-order valence-corrected chi connectivity index (χ4v) is 4.43. The van der Waals surface area contributed by atoms with Crippen LogP contribution in [0.1, 0.15) is 54.1 Å². The first-order valence-corrected chi connectivity index (χ1v) is 10.7. The number of nitrogens with zero attached hydrogens (tertiary/aromatic N) is 4. The van der Waals surface area contributed by atoms with Crippen molar-refractivity contribution in [3.63, 3.8) is 0 Å². The number of rotatable bonds is 4. The lowest BCUT2D eigenvalue weighted by Crippen LogP contribution is -2.46. The minimum atomic E-state index is -0.524. The van der Waals surface area contributed by atoms with Crippen molar-refractivity contribution in [2.45, 2.75) is 57.7 Å². The minimum absolute atomic E-state index is 0.181. The Balaban J connectivity index is 1.44. The molecule has 0 bridgehead atoms. The van der Waals surface area contributed by atoms with Gasteiger partial charge < -0.3 is 14.8 Å². The van der Waals surface area contributed by atoms with Gasteiger partial charge in [0.1, 0.15) is 11.9 Å². The SMILES string of the molecule is O=C(NCc1nnc2n1CCCCC2)C1CCCN1C(=O)c1cc(Cl)ccc1Cl. The molecule has 0 spiro atoms. The Kier molecular flexibility index (Phi) is 6.06. The summed E-state index contributed by atoms with van der Waals surface area (Å²) in [5.74, 6) is 1.30. The fraction of sp³-hybridized carbons (Fsp3) is 0.500. The monoisotopic (exact) mass is 435 g/mol. The van der Waals surface area contributed by atoms with Crippen LogP contribution < -0.4 is 5.32 Å². The van der Waals surface area contributed by atoms with Gasteiger partial charge in [-0.15, -0.1) is 10.2 Å². The molecule has 1 aromatic carbocycles. The number of aryl methyl sites for hydroxylation is 1. The van der Waals surface area contributed by atoms with Crippen LogP contribution in [0.2, 0.25) is 10.0 Å². The van der Waals surface area contributed by atoms with Gasteiger partial charge in [0.15, 0.2) is 5.82 Å². The molecule has 0 saturated carbocycles. The predicted molar refractivity (Wildman–Crippen MR) is 110 cm³/mol. The summed E-state index contributed by atoms with van der Waals surface area (Å²) in [6.45, 7) is 1.71. The zero-order valence-corrected chi connectivity index (χ0v) is 17.5. The molecule has 7 nitrogen and oxygen atoms in total. The van der Waals surface area contributed by atoms with Crippen molar-refractivity contribution in [2.75, 3.05) is 6.54 Å². The molecule has 1 N–H and O–H groups in total. The number of hydrogen-bond acceptors (Lipinski definition) is 4. The summed E-state index contributed by atoms with van der Waals surface area (Å²) in [6, 6.07) is 4.25. The molecule has 1 atom stereocenters. The molecule has 0 aliphatic carbocycles. The van der Waals surface area contributed by atoms with Crippen molar-refractivity contribution in [2.24, 2.45) is 0 Å². The summed E-state index contributed by atoms with van der Waals surface area (Å²) in [5, 5.41) is 12.2. The molecule has 29 heavy (non-hydrogen) atoms. The maximum Gasteiger partial charge on any atom is 0.256 e. The van der Waals surface area contributed by atoms with Crippen molar-refractivity contribution in [3.8, 4) is 0 Å². The van der Waals surface area contributed by atoms with Gasteiger partial charge in [0.25, 0.3) is 5.91 Å². The lowest BCUT2D eigenvalue weighted by atomic mass is 10.1. The number of likely N-dealkylation sites (tertiary alicyclic amines) is 1. The molecular weight excluding hydrogens is 413 g/mol. The van der Waals surface area contributed by atoms with Crippen LogP contribution >= 0.6 is 23.2 Å². The quantitative estimate of drug-likeness (QED) is 0.798. The Morgan fingerprint density at radius 1 is 1.10 bits per heavy atom. The van der Waals surface area contributed by atoms with E-state index in [9.17, 15) is 9.59 Å². The van der Waals surface area contributed by atoms with Gasteiger partial charge in [-0.25, -0.2) is 0 Å². The van der Waals surface area contributed by atoms with Gasteiger partial charge in [-0.05, 0) is 43.9 Å². The highest BCUT2D eigenvalue weighted by atomic mass is 35.5. The molecule has 1 aromatic heterocycles. The molecule has 2 aliphatic rings. The maximum absolute atomic E-state index is 13.0. The molecule has 4 rings (SSSR count). The third-order valence-electron chi connectivity index (χ3n) is 5.58. The third kappa shape index (κ3) is 4.26. The maximum atomic E-state index is 13.0. The number of benzene rings is 1. The van der Waals surface area contributed by atoms with Crippen LogP contribution in [0.5, 0.6) is 0 Å². The smallest absolute Gasteiger partial charge is 0.256 e. The summed E-state index contributed by atoms with van der Waals surface area (Å²) in [5.41, 5.74) is 0.321. The van der Waals surface area contributed by atoms with Gasteiger partial charge in [-0.2, -0.15) is 0 Å². The van der Waals surface area contributed by atoms with E-state index in [4.69, 9.17) is 23.2 Å². The summed E-state index contributed by atoms with van der Waals surface area (Å²) < 4.78 is 2.11. The van der Waals surface area contributed by atoms with Crippen molar-refractivity contribution >= 4 is 35.0 Å². The fourth-order valence-electron chi connectivity index (χ4n) is 4.06. The number of amides is 2. The molecule has 3 heterocycles. The second-order valence-electron chi connectivity index (χ2n) is 7.49. The zero-order chi connectivity index (χ0) is 20.4. The van der Waals surface area contributed by atoms with E-state index < -0.39 is 6.04 Å². The summed E-state index contributed by atoms with van der Waals surface area (Å²) in [6.07, 6.45) is 5.70. The van der Waals surface area contributed by atoms with E-state index in [1.54, 1.807) is 23.1 Å². The predicted octanol–water partition coefficient (Wildman–Crippen LogP) is 3.23. The first-order valence-electron chi connectivity index (χ1n) is 9.99. The van der Waals surface area contributed by atoms with Gasteiger partial charge in [0.2, 0.25) is 5.91 Å². The Morgan fingerprint density at radius 3 is 2.83 bits per heavy atom. The summed E-state index contributed by atoms with van der Waals surface area (Å²) >= 11 is 12.2. The zero-order valence-electron chi connectivity index (χ0n) is 16.0. The molecule has 2 aromatic rings. The molecule has 1 saturated heterocycles. The van der Waals surface area contributed by atoms with Crippen molar-refractivity contribution in [1.82, 2.24) is 25.0 Å². The van der Waals surface area contributed by atoms with Gasteiger partial charge in [0.05, 0.1) is 17.1 Å². The second-order valence-corrected chi connectivity index (χ2v) is 8.34. The number of hydrogen-bond donors (Lipinski definition) is 1. The molecule has 0 radical (unpaired) electrons. The van der Waals surface area contributed by atoms with Crippen LogP contribution in [0.4, 0.5) is 0 Å². The highest BCUT2D eigenvalue weighted by molar-refractivity contribution is 6.35. The first-order chi connectivity index (χ1) is 14.0. The van der Waals surface area contributed by atoms with Crippen LogP contribution in [0.15, 0.2) is 18.2 Å². The van der Waals surface area contributed by atoms with Crippen molar-refractivity contribution in [3.05, 3.63) is 45.5 Å². The van der Waals surface area contributed by atoms with Crippen molar-refractivity contribution < 1.29 is 9.59 Å². The molecule has 1 fully saturated rings. The number of aromatic nitrogens is 3. The molecule has 154 valence electrons. The minimum Gasteiger partial charge on any atom is -0.347 e.